The van der Waals surface area contributed by atoms with E-state index in [0.717, 1.165) is 40.7 Å². The van der Waals surface area contributed by atoms with Crippen LogP contribution in [0.1, 0.15) is 19.4 Å². The van der Waals surface area contributed by atoms with Crippen LogP contribution in [0.2, 0.25) is 0 Å². The quantitative estimate of drug-likeness (QED) is 0.291. The highest BCUT2D eigenvalue weighted by Gasteiger charge is 2.15. The summed E-state index contributed by atoms with van der Waals surface area (Å²) < 4.78 is 4.35. The maximum Gasteiger partial charge on any atom is 0.234 e. The monoisotopic (exact) mass is 469 g/mol. The number of aryl methyl sites for hydroxylation is 2. The van der Waals surface area contributed by atoms with Gasteiger partial charge in [-0.25, -0.2) is 0 Å². The molecule has 0 aliphatic rings. The average Bonchev–Trinajstić information content (AvgIpc) is 3.41. The number of carbonyl (C=O) groups is 1. The van der Waals surface area contributed by atoms with Crippen molar-refractivity contribution in [2.45, 2.75) is 39.0 Å². The fraction of sp³-hybridized carbons (Fsp3) is 0.222. The molecule has 0 aliphatic carbocycles. The molecule has 1 amide bonds. The van der Waals surface area contributed by atoms with E-state index >= 15 is 0 Å². The summed E-state index contributed by atoms with van der Waals surface area (Å²) >= 11 is 1.40. The number of carbonyl (C=O) groups excluding carboxylic acids is 1. The maximum atomic E-state index is 12.8. The molecular formula is C27H27N5OS. The molecule has 5 rings (SSSR count). The molecule has 0 atom stereocenters. The third kappa shape index (κ3) is 4.07. The zero-order valence-corrected chi connectivity index (χ0v) is 20.4. The van der Waals surface area contributed by atoms with Gasteiger partial charge in [-0.1, -0.05) is 59.8 Å². The minimum absolute atomic E-state index is 0.0638. The lowest BCUT2D eigenvalue weighted by molar-refractivity contribution is -0.113. The second kappa shape index (κ2) is 9.35. The number of fused-ring (bicyclic) bond motifs is 3. The molecule has 0 unspecified atom stereocenters. The van der Waals surface area contributed by atoms with Crippen LogP contribution in [0, 0.1) is 6.92 Å². The molecule has 7 heteroatoms. The molecule has 0 saturated carbocycles. The van der Waals surface area contributed by atoms with Crippen molar-refractivity contribution < 1.29 is 4.79 Å². The van der Waals surface area contributed by atoms with Crippen molar-refractivity contribution in [1.82, 2.24) is 19.3 Å². The Morgan fingerprint density at radius 2 is 1.62 bits per heavy atom. The summed E-state index contributed by atoms with van der Waals surface area (Å²) in [5, 5.41) is 14.9. The Morgan fingerprint density at radius 3 is 2.38 bits per heavy atom. The van der Waals surface area contributed by atoms with E-state index < -0.39 is 0 Å². The predicted octanol–water partition coefficient (Wildman–Crippen LogP) is 6.13. The zero-order chi connectivity index (χ0) is 23.7. The van der Waals surface area contributed by atoms with Crippen molar-refractivity contribution in [2.24, 2.45) is 0 Å². The van der Waals surface area contributed by atoms with Crippen LogP contribution in [0.5, 0.6) is 0 Å². The number of nitrogens with one attached hydrogen (secondary N) is 1. The van der Waals surface area contributed by atoms with Crippen LogP contribution in [-0.4, -0.2) is 31.0 Å². The van der Waals surface area contributed by atoms with Crippen molar-refractivity contribution in [1.29, 1.82) is 0 Å². The largest absolute Gasteiger partial charge is 0.341 e. The summed E-state index contributed by atoms with van der Waals surface area (Å²) in [5.74, 6) is 1.02. The molecule has 6 nitrogen and oxygen atoms in total. The first-order valence-electron chi connectivity index (χ1n) is 11.5. The fourth-order valence-electron chi connectivity index (χ4n) is 4.40. The highest BCUT2D eigenvalue weighted by atomic mass is 32.2. The summed E-state index contributed by atoms with van der Waals surface area (Å²) in [7, 11) is 0. The number of benzene rings is 3. The molecule has 2 heterocycles. The summed E-state index contributed by atoms with van der Waals surface area (Å²) in [6.07, 6.45) is 0. The van der Waals surface area contributed by atoms with Gasteiger partial charge in [-0.05, 0) is 45.0 Å². The summed E-state index contributed by atoms with van der Waals surface area (Å²) in [6, 6.07) is 22.8. The second-order valence-corrected chi connectivity index (χ2v) is 9.19. The Bertz CT molecular complexity index is 1480. The predicted molar refractivity (Wildman–Crippen MR) is 140 cm³/mol. The van der Waals surface area contributed by atoms with E-state index in [0.29, 0.717) is 0 Å². The van der Waals surface area contributed by atoms with Gasteiger partial charge in [0.2, 0.25) is 5.91 Å². The van der Waals surface area contributed by atoms with Crippen LogP contribution >= 0.6 is 11.8 Å². The van der Waals surface area contributed by atoms with Gasteiger partial charge in [0, 0.05) is 46.1 Å². The number of nitrogens with zero attached hydrogens (tertiary/aromatic N) is 4. The minimum Gasteiger partial charge on any atom is -0.341 e. The molecule has 3 aromatic carbocycles. The topological polar surface area (TPSA) is 64.7 Å². The first-order chi connectivity index (χ1) is 16.6. The van der Waals surface area contributed by atoms with Gasteiger partial charge < -0.3 is 14.5 Å². The second-order valence-electron chi connectivity index (χ2n) is 8.25. The number of rotatable bonds is 7. The molecule has 34 heavy (non-hydrogen) atoms. The van der Waals surface area contributed by atoms with E-state index in [4.69, 9.17) is 0 Å². The Kier molecular flexibility index (Phi) is 6.11. The molecule has 0 saturated heterocycles. The van der Waals surface area contributed by atoms with E-state index in [1.54, 1.807) is 0 Å². The van der Waals surface area contributed by atoms with Crippen molar-refractivity contribution >= 4 is 45.2 Å². The highest BCUT2D eigenvalue weighted by Crippen LogP contribution is 2.31. The third-order valence-electron chi connectivity index (χ3n) is 6.05. The maximum absolute atomic E-state index is 12.8. The van der Waals surface area contributed by atoms with Gasteiger partial charge in [-0.2, -0.15) is 0 Å². The summed E-state index contributed by atoms with van der Waals surface area (Å²) in [4.78, 5) is 12.8. The van der Waals surface area contributed by atoms with Crippen molar-refractivity contribution in [2.75, 3.05) is 11.1 Å². The number of para-hydroxylation sites is 1. The molecule has 2 aromatic heterocycles. The molecule has 1 N–H and O–H groups in total. The lowest BCUT2D eigenvalue weighted by atomic mass is 10.1. The number of amides is 1. The third-order valence-corrected chi connectivity index (χ3v) is 7.01. The zero-order valence-electron chi connectivity index (χ0n) is 19.6. The SMILES string of the molecule is CCn1c(SCC(=O)Nc2ccc3c(c2)c2ccccc2n3CC)nnc1-c1ccc(C)cc1. The molecule has 172 valence electrons. The molecule has 0 fully saturated rings. The Labute approximate surface area is 203 Å². The highest BCUT2D eigenvalue weighted by molar-refractivity contribution is 7.99. The van der Waals surface area contributed by atoms with E-state index in [-0.39, 0.29) is 11.7 Å². The van der Waals surface area contributed by atoms with E-state index in [2.05, 4.69) is 102 Å². The molecule has 0 aliphatic heterocycles. The van der Waals surface area contributed by atoms with Gasteiger partial charge >= 0.3 is 0 Å². The fourth-order valence-corrected chi connectivity index (χ4v) is 5.20. The van der Waals surface area contributed by atoms with Gasteiger partial charge in [-0.15, -0.1) is 10.2 Å². The van der Waals surface area contributed by atoms with Gasteiger partial charge in [0.25, 0.3) is 0 Å². The van der Waals surface area contributed by atoms with Gasteiger partial charge in [0.05, 0.1) is 5.75 Å². The van der Waals surface area contributed by atoms with Crippen LogP contribution in [0.25, 0.3) is 33.2 Å². The van der Waals surface area contributed by atoms with Crippen molar-refractivity contribution in [3.05, 3.63) is 72.3 Å². The van der Waals surface area contributed by atoms with E-state index in [1.807, 2.05) is 10.6 Å². The average molecular weight is 470 g/mol. The van der Waals surface area contributed by atoms with Gasteiger partial charge in [-0.3, -0.25) is 4.79 Å². The number of hydrogen-bond acceptors (Lipinski definition) is 4. The number of thioether (sulfide) groups is 1. The van der Waals surface area contributed by atoms with E-state index in [9.17, 15) is 4.79 Å². The molecule has 5 aromatic rings. The lowest BCUT2D eigenvalue weighted by Crippen LogP contribution is -2.14. The van der Waals surface area contributed by atoms with Gasteiger partial charge in [0.1, 0.15) is 0 Å². The number of anilines is 1. The van der Waals surface area contributed by atoms with Crippen LogP contribution in [0.3, 0.4) is 0 Å². The normalized spacial score (nSPS) is 11.4. The molecule has 0 radical (unpaired) electrons. The van der Waals surface area contributed by atoms with Crippen molar-refractivity contribution in [3.8, 4) is 11.4 Å². The Morgan fingerprint density at radius 1 is 0.882 bits per heavy atom. The van der Waals surface area contributed by atoms with Gasteiger partial charge in [0.15, 0.2) is 11.0 Å². The summed E-state index contributed by atoms with van der Waals surface area (Å²) in [6.45, 7) is 7.91. The Balaban J connectivity index is 1.32. The number of aromatic nitrogens is 4. The number of hydrogen-bond donors (Lipinski definition) is 1. The van der Waals surface area contributed by atoms with Crippen molar-refractivity contribution in [3.63, 3.8) is 0 Å². The first-order valence-corrected chi connectivity index (χ1v) is 12.5. The smallest absolute Gasteiger partial charge is 0.234 e. The Hall–Kier alpha value is -3.58. The molecule has 0 bridgehead atoms. The minimum atomic E-state index is -0.0638. The van der Waals surface area contributed by atoms with Crippen LogP contribution < -0.4 is 5.32 Å². The standard InChI is InChI=1S/C27H27N5OS/c1-4-31-23-9-7-6-8-21(23)22-16-20(14-15-24(22)31)28-25(33)17-34-27-30-29-26(32(27)5-2)19-12-10-18(3)11-13-19/h6-16H,4-5,17H2,1-3H3,(H,28,33). The van der Waals surface area contributed by atoms with Crippen LogP contribution in [0.15, 0.2) is 71.9 Å². The van der Waals surface area contributed by atoms with E-state index in [1.165, 1.54) is 33.7 Å². The summed E-state index contributed by atoms with van der Waals surface area (Å²) in [5.41, 5.74) is 5.42. The first kappa shape index (κ1) is 22.2. The molecule has 0 spiro atoms. The van der Waals surface area contributed by atoms with Crippen LogP contribution in [0.4, 0.5) is 5.69 Å². The lowest BCUT2D eigenvalue weighted by Gasteiger charge is -2.08. The molecular weight excluding hydrogens is 442 g/mol. The van der Waals surface area contributed by atoms with Crippen LogP contribution in [-0.2, 0) is 17.9 Å².